The summed E-state index contributed by atoms with van der Waals surface area (Å²) in [5, 5.41) is 8.34. The third-order valence-electron chi connectivity index (χ3n) is 10.6. The van der Waals surface area contributed by atoms with Gasteiger partial charge in [0.15, 0.2) is 8.07 Å². The Bertz CT molecular complexity index is 2540. The van der Waals surface area contributed by atoms with Crippen LogP contribution in [-0.2, 0) is 0 Å². The number of hydrogen-bond donors (Lipinski definition) is 0. The lowest BCUT2D eigenvalue weighted by Crippen LogP contribution is -2.87. The van der Waals surface area contributed by atoms with Crippen LogP contribution in [0.15, 0.2) is 158 Å². The molecule has 11 rings (SSSR count). The van der Waals surface area contributed by atoms with E-state index in [0.29, 0.717) is 0 Å². The average molecular weight is 632 g/mol. The smallest absolute Gasteiger partial charge is 0.256 e. The predicted octanol–water partition coefficient (Wildman–Crippen LogP) is 6.15. The van der Waals surface area contributed by atoms with Crippen molar-refractivity contribution >= 4 is 100 Å². The number of nitrogens with zero attached hydrogens (tertiary/aromatic N) is 1. The summed E-state index contributed by atoms with van der Waals surface area (Å²) in [6, 6.07) is 58.8. The molecule has 0 spiro atoms. The summed E-state index contributed by atoms with van der Waals surface area (Å²) in [7, 11) is -2.76. The Labute approximate surface area is 278 Å². The van der Waals surface area contributed by atoms with Gasteiger partial charge in [0.05, 0.1) is 0 Å². The van der Waals surface area contributed by atoms with Crippen LogP contribution in [0.1, 0.15) is 0 Å². The first-order valence-corrected chi connectivity index (χ1v) is 19.0. The van der Waals surface area contributed by atoms with E-state index in [1.807, 2.05) is 11.3 Å². The SMILES string of the molecule is c1ccc([Si]2(c3ccccc3)c3cccc4c3B3c5c(cccc5N(c5ccc6c(c5)sc5ccccc56)c5cccc2c53)O4)cc1. The van der Waals surface area contributed by atoms with Gasteiger partial charge < -0.3 is 9.64 Å². The number of hydrogen-bond acceptors (Lipinski definition) is 3. The number of anilines is 3. The minimum absolute atomic E-state index is 0.102. The van der Waals surface area contributed by atoms with Crippen molar-refractivity contribution in [1.29, 1.82) is 0 Å². The van der Waals surface area contributed by atoms with Crippen LogP contribution < -0.4 is 46.8 Å². The van der Waals surface area contributed by atoms with E-state index in [1.54, 1.807) is 0 Å². The van der Waals surface area contributed by atoms with Gasteiger partial charge in [0, 0.05) is 37.2 Å². The van der Waals surface area contributed by atoms with Crippen LogP contribution in [0.2, 0.25) is 0 Å². The summed E-state index contributed by atoms with van der Waals surface area (Å²) < 4.78 is 9.54. The van der Waals surface area contributed by atoms with Crippen molar-refractivity contribution in [2.75, 3.05) is 4.90 Å². The van der Waals surface area contributed by atoms with E-state index in [9.17, 15) is 0 Å². The van der Waals surface area contributed by atoms with Crippen molar-refractivity contribution in [2.24, 2.45) is 0 Å². The van der Waals surface area contributed by atoms with E-state index in [1.165, 1.54) is 74.4 Å². The van der Waals surface area contributed by atoms with Gasteiger partial charge in [-0.25, -0.2) is 0 Å². The van der Waals surface area contributed by atoms with Crippen LogP contribution in [0.4, 0.5) is 17.1 Å². The lowest BCUT2D eigenvalue weighted by Gasteiger charge is -2.49. The molecule has 4 heterocycles. The molecule has 0 unspecified atom stereocenters. The Hall–Kier alpha value is -5.36. The third-order valence-corrected chi connectivity index (χ3v) is 16.6. The van der Waals surface area contributed by atoms with E-state index in [0.717, 1.165) is 11.5 Å². The van der Waals surface area contributed by atoms with Gasteiger partial charge in [0.25, 0.3) is 6.71 Å². The van der Waals surface area contributed by atoms with E-state index in [2.05, 4.69) is 163 Å². The molecule has 0 saturated heterocycles. The second-order valence-electron chi connectivity index (χ2n) is 12.8. The number of thiophene rings is 1. The molecule has 0 aliphatic carbocycles. The van der Waals surface area contributed by atoms with Gasteiger partial charge in [-0.05, 0) is 79.6 Å². The number of rotatable bonds is 3. The first-order valence-electron chi connectivity index (χ1n) is 16.2. The lowest BCUT2D eigenvalue weighted by atomic mass is 9.34. The molecule has 0 fully saturated rings. The van der Waals surface area contributed by atoms with Gasteiger partial charge in [-0.2, -0.15) is 0 Å². The van der Waals surface area contributed by atoms with Crippen LogP contribution in [-0.4, -0.2) is 14.8 Å². The van der Waals surface area contributed by atoms with Gasteiger partial charge >= 0.3 is 0 Å². The molecule has 7 aromatic carbocycles. The Morgan fingerprint density at radius 3 is 1.85 bits per heavy atom. The molecule has 1 aromatic heterocycles. The third kappa shape index (κ3) is 3.25. The first kappa shape index (κ1) is 25.8. The normalized spacial score (nSPS) is 14.6. The minimum Gasteiger partial charge on any atom is -0.458 e. The molecule has 0 N–H and O–H groups in total. The Morgan fingerprint density at radius 1 is 0.489 bits per heavy atom. The standard InChI is InChI=1S/C42H26BNOSSi/c1-3-12-28(13-4-1)47(29-14-5-2-6-15-29)38-22-10-18-33-41(38)43-40-32(17-9-19-34(40)45-35-20-11-23-39(47)42(35)43)44(33)27-24-25-31-30-16-7-8-21-36(30)46-37(31)26-27/h1-26H. The monoisotopic (exact) mass is 631 g/mol. The fraction of sp³-hybridized carbons (Fsp3) is 0. The molecular formula is C42H26BNOSSi. The Morgan fingerprint density at radius 2 is 1.09 bits per heavy atom. The lowest BCUT2D eigenvalue weighted by molar-refractivity contribution is 0.488. The molecule has 0 atom stereocenters. The summed E-state index contributed by atoms with van der Waals surface area (Å²) in [4.78, 5) is 2.51. The molecule has 8 aromatic rings. The van der Waals surface area contributed by atoms with Crippen molar-refractivity contribution in [1.82, 2.24) is 0 Å². The zero-order chi connectivity index (χ0) is 30.7. The topological polar surface area (TPSA) is 12.5 Å². The van der Waals surface area contributed by atoms with Crippen LogP contribution in [0.5, 0.6) is 11.5 Å². The minimum atomic E-state index is -2.76. The van der Waals surface area contributed by atoms with Crippen molar-refractivity contribution in [3.63, 3.8) is 0 Å². The van der Waals surface area contributed by atoms with Gasteiger partial charge in [0.1, 0.15) is 11.5 Å². The van der Waals surface area contributed by atoms with Crippen LogP contribution in [0.3, 0.4) is 0 Å². The average Bonchev–Trinajstić information content (AvgIpc) is 3.51. The molecule has 5 heteroatoms. The highest BCUT2D eigenvalue weighted by Gasteiger charge is 2.55. The summed E-state index contributed by atoms with van der Waals surface area (Å²) in [6.45, 7) is 0.102. The summed E-state index contributed by atoms with van der Waals surface area (Å²) >= 11 is 1.87. The van der Waals surface area contributed by atoms with Crippen molar-refractivity contribution in [3.05, 3.63) is 158 Å². The number of benzene rings is 7. The zero-order valence-corrected chi connectivity index (χ0v) is 27.2. The maximum Gasteiger partial charge on any atom is 0.256 e. The quantitative estimate of drug-likeness (QED) is 0.217. The summed E-state index contributed by atoms with van der Waals surface area (Å²) in [6.07, 6.45) is 0. The second-order valence-corrected chi connectivity index (χ2v) is 17.6. The van der Waals surface area contributed by atoms with E-state index < -0.39 is 8.07 Å². The van der Waals surface area contributed by atoms with E-state index in [4.69, 9.17) is 4.74 Å². The highest BCUT2D eigenvalue weighted by Crippen LogP contribution is 2.43. The van der Waals surface area contributed by atoms with E-state index in [-0.39, 0.29) is 6.71 Å². The van der Waals surface area contributed by atoms with Gasteiger partial charge in [0.2, 0.25) is 0 Å². The highest BCUT2D eigenvalue weighted by atomic mass is 32.1. The molecular weight excluding hydrogens is 605 g/mol. The van der Waals surface area contributed by atoms with Crippen molar-refractivity contribution < 1.29 is 4.74 Å². The van der Waals surface area contributed by atoms with Crippen LogP contribution in [0, 0.1) is 0 Å². The molecule has 0 amide bonds. The van der Waals surface area contributed by atoms with Gasteiger partial charge in [-0.1, -0.05) is 115 Å². The molecule has 3 aliphatic heterocycles. The molecule has 3 aliphatic rings. The molecule has 0 bridgehead atoms. The summed E-state index contributed by atoms with van der Waals surface area (Å²) in [5.74, 6) is 1.95. The number of fused-ring (bicyclic) bond motifs is 3. The van der Waals surface area contributed by atoms with Crippen LogP contribution >= 0.6 is 11.3 Å². The molecule has 0 radical (unpaired) electrons. The molecule has 218 valence electrons. The maximum atomic E-state index is 6.91. The molecule has 2 nitrogen and oxygen atoms in total. The van der Waals surface area contributed by atoms with Gasteiger partial charge in [-0.3, -0.25) is 0 Å². The zero-order valence-electron chi connectivity index (χ0n) is 25.4. The highest BCUT2D eigenvalue weighted by molar-refractivity contribution is 7.27. The number of ether oxygens (including phenoxy) is 1. The second kappa shape index (κ2) is 9.35. The summed E-state index contributed by atoms with van der Waals surface area (Å²) in [5.41, 5.74) is 7.68. The molecule has 0 saturated carbocycles. The Balaban J connectivity index is 1.28. The largest absolute Gasteiger partial charge is 0.458 e. The maximum absolute atomic E-state index is 6.91. The van der Waals surface area contributed by atoms with Crippen molar-refractivity contribution in [3.8, 4) is 11.5 Å². The fourth-order valence-corrected chi connectivity index (χ4v) is 15.3. The van der Waals surface area contributed by atoms with E-state index >= 15 is 0 Å². The fourth-order valence-electron chi connectivity index (χ4n) is 8.87. The van der Waals surface area contributed by atoms with Crippen LogP contribution in [0.25, 0.3) is 20.2 Å². The molecule has 47 heavy (non-hydrogen) atoms. The first-order chi connectivity index (χ1) is 23.3. The van der Waals surface area contributed by atoms with Crippen molar-refractivity contribution in [2.45, 2.75) is 0 Å². The van der Waals surface area contributed by atoms with Gasteiger partial charge in [-0.15, -0.1) is 11.3 Å². The Kier molecular flexibility index (Phi) is 5.13. The predicted molar refractivity (Wildman–Crippen MR) is 202 cm³/mol.